The van der Waals surface area contributed by atoms with E-state index in [1.807, 2.05) is 30.1 Å². The van der Waals surface area contributed by atoms with E-state index in [-0.39, 0.29) is 0 Å². The van der Waals surface area contributed by atoms with Crippen molar-refractivity contribution in [1.82, 2.24) is 4.98 Å². The van der Waals surface area contributed by atoms with E-state index in [1.54, 1.807) is 6.20 Å². The number of nitrogens with one attached hydrogen (secondary N) is 1. The Bertz CT molecular complexity index is 374. The van der Waals surface area contributed by atoms with Gasteiger partial charge in [-0.2, -0.15) is 0 Å². The maximum Gasteiger partial charge on any atom is 0.161 e. The van der Waals surface area contributed by atoms with E-state index in [0.717, 1.165) is 23.3 Å². The Labute approximate surface area is 107 Å². The number of hydrogen-bond donors (Lipinski definition) is 1. The van der Waals surface area contributed by atoms with E-state index >= 15 is 0 Å². The first-order valence-electron chi connectivity index (χ1n) is 6.21. The molecule has 1 aromatic rings. The molecule has 0 amide bonds. The molecule has 92 valence electrons. The van der Waals surface area contributed by atoms with Gasteiger partial charge in [-0.1, -0.05) is 38.5 Å². The third kappa shape index (κ3) is 3.22. The molecule has 3 nitrogen and oxygen atoms in total. The van der Waals surface area contributed by atoms with Gasteiger partial charge in [-0.05, 0) is 18.1 Å². The van der Waals surface area contributed by atoms with Crippen molar-refractivity contribution in [2.45, 2.75) is 31.9 Å². The summed E-state index contributed by atoms with van der Waals surface area (Å²) in [5.74, 6) is 0.775. The molecule has 1 atom stereocenters. The molecule has 2 rings (SSSR count). The van der Waals surface area contributed by atoms with E-state index in [4.69, 9.17) is 0 Å². The van der Waals surface area contributed by atoms with Gasteiger partial charge in [0.1, 0.15) is 0 Å². The van der Waals surface area contributed by atoms with Crippen molar-refractivity contribution < 1.29 is 0 Å². The molecule has 0 spiro atoms. The van der Waals surface area contributed by atoms with Gasteiger partial charge in [0.15, 0.2) is 5.17 Å². The lowest BCUT2D eigenvalue weighted by Gasteiger charge is -2.18. The molecule has 0 radical (unpaired) electrons. The molecule has 0 bridgehead atoms. The van der Waals surface area contributed by atoms with Crippen LogP contribution in [0.2, 0.25) is 0 Å². The molecule has 1 unspecified atom stereocenters. The van der Waals surface area contributed by atoms with Gasteiger partial charge in [-0.15, -0.1) is 0 Å². The van der Waals surface area contributed by atoms with E-state index in [2.05, 4.69) is 29.1 Å². The third-order valence-corrected chi connectivity index (χ3v) is 4.46. The lowest BCUT2D eigenvalue weighted by atomic mass is 9.99. The number of amidine groups is 1. The lowest BCUT2D eigenvalue weighted by molar-refractivity contribution is 0.479. The van der Waals surface area contributed by atoms with Crippen molar-refractivity contribution in [3.63, 3.8) is 0 Å². The monoisotopic (exact) mass is 249 g/mol. The minimum atomic E-state index is 0.643. The van der Waals surface area contributed by atoms with Crippen LogP contribution >= 0.6 is 11.8 Å². The number of thioether (sulfide) groups is 1. The van der Waals surface area contributed by atoms with Crippen molar-refractivity contribution in [2.75, 3.05) is 11.9 Å². The fourth-order valence-corrected chi connectivity index (χ4v) is 3.42. The highest BCUT2D eigenvalue weighted by Crippen LogP contribution is 2.31. The van der Waals surface area contributed by atoms with E-state index in [0.29, 0.717) is 5.25 Å². The second-order valence-corrected chi connectivity index (χ2v) is 5.47. The Balaban J connectivity index is 1.90. The van der Waals surface area contributed by atoms with Crippen LogP contribution in [0.25, 0.3) is 0 Å². The quantitative estimate of drug-likeness (QED) is 0.888. The molecule has 4 heteroatoms. The van der Waals surface area contributed by atoms with Crippen molar-refractivity contribution in [3.05, 3.63) is 24.5 Å². The normalized spacial score (nSPS) is 19.5. The molecule has 1 N–H and O–H groups in total. The zero-order chi connectivity index (χ0) is 12.1. The van der Waals surface area contributed by atoms with Crippen LogP contribution in [0.4, 0.5) is 5.69 Å². The lowest BCUT2D eigenvalue weighted by Crippen LogP contribution is -2.17. The number of nitrogens with zero attached hydrogens (tertiary/aromatic N) is 2. The molecule has 2 heterocycles. The number of aromatic nitrogens is 1. The minimum Gasteiger partial charge on any atom is -0.334 e. The van der Waals surface area contributed by atoms with E-state index < -0.39 is 0 Å². The molecule has 0 saturated heterocycles. The second kappa shape index (κ2) is 6.05. The zero-order valence-corrected chi connectivity index (χ0v) is 11.2. The number of pyridine rings is 1. The van der Waals surface area contributed by atoms with Gasteiger partial charge < -0.3 is 5.32 Å². The van der Waals surface area contributed by atoms with Crippen LogP contribution in [0.1, 0.15) is 26.7 Å². The summed E-state index contributed by atoms with van der Waals surface area (Å²) in [5.41, 5.74) is 1.02. The van der Waals surface area contributed by atoms with E-state index in [9.17, 15) is 0 Å². The van der Waals surface area contributed by atoms with Crippen molar-refractivity contribution in [1.29, 1.82) is 0 Å². The third-order valence-electron chi connectivity index (χ3n) is 3.17. The highest BCUT2D eigenvalue weighted by atomic mass is 32.2. The number of aliphatic imine (C=N–C) groups is 1. The Morgan fingerprint density at radius 1 is 1.47 bits per heavy atom. The van der Waals surface area contributed by atoms with Crippen LogP contribution in [0.5, 0.6) is 0 Å². The van der Waals surface area contributed by atoms with Crippen molar-refractivity contribution in [3.8, 4) is 0 Å². The smallest absolute Gasteiger partial charge is 0.161 e. The van der Waals surface area contributed by atoms with Crippen LogP contribution < -0.4 is 5.32 Å². The summed E-state index contributed by atoms with van der Waals surface area (Å²) >= 11 is 1.87. The largest absolute Gasteiger partial charge is 0.334 e. The number of anilines is 1. The van der Waals surface area contributed by atoms with Crippen molar-refractivity contribution in [2.24, 2.45) is 10.9 Å². The van der Waals surface area contributed by atoms with Gasteiger partial charge >= 0.3 is 0 Å². The molecule has 1 aliphatic heterocycles. The number of rotatable bonds is 4. The number of hydrogen-bond acceptors (Lipinski definition) is 4. The fourth-order valence-electron chi connectivity index (χ4n) is 2.08. The molecule has 1 aliphatic rings. The summed E-state index contributed by atoms with van der Waals surface area (Å²) in [4.78, 5) is 8.66. The van der Waals surface area contributed by atoms with Crippen LogP contribution in [0, 0.1) is 5.92 Å². The Kier molecular flexibility index (Phi) is 4.42. The SMILES string of the molecule is CCC(CC)C1CN=C(Nc2cccnc2)S1. The Morgan fingerprint density at radius 3 is 2.94 bits per heavy atom. The summed E-state index contributed by atoms with van der Waals surface area (Å²) in [6.07, 6.45) is 6.09. The molecule has 0 fully saturated rings. The summed E-state index contributed by atoms with van der Waals surface area (Å²) < 4.78 is 0. The molecule has 17 heavy (non-hydrogen) atoms. The highest BCUT2D eigenvalue weighted by Gasteiger charge is 2.25. The predicted octanol–water partition coefficient (Wildman–Crippen LogP) is 3.40. The molecule has 0 saturated carbocycles. The topological polar surface area (TPSA) is 37.3 Å². The zero-order valence-electron chi connectivity index (χ0n) is 10.4. The molecular weight excluding hydrogens is 230 g/mol. The maximum atomic E-state index is 4.57. The first kappa shape index (κ1) is 12.4. The first-order valence-corrected chi connectivity index (χ1v) is 7.09. The molecule has 0 aliphatic carbocycles. The van der Waals surface area contributed by atoms with Crippen LogP contribution in [0.15, 0.2) is 29.5 Å². The van der Waals surface area contributed by atoms with E-state index in [1.165, 1.54) is 12.8 Å². The average Bonchev–Trinajstić information content (AvgIpc) is 2.81. The van der Waals surface area contributed by atoms with Gasteiger partial charge in [-0.3, -0.25) is 9.98 Å². The standard InChI is InChI=1S/C13H19N3S/c1-3-10(4-2)12-9-15-13(17-12)16-11-6-5-7-14-8-11/h5-8,10,12H,3-4,9H2,1-2H3,(H,15,16). The van der Waals surface area contributed by atoms with Crippen LogP contribution in [-0.4, -0.2) is 21.9 Å². The molecular formula is C13H19N3S. The first-order chi connectivity index (χ1) is 8.33. The van der Waals surface area contributed by atoms with Gasteiger partial charge in [0, 0.05) is 11.4 Å². The average molecular weight is 249 g/mol. The summed E-state index contributed by atoms with van der Waals surface area (Å²) in [6, 6.07) is 3.95. The Morgan fingerprint density at radius 2 is 2.29 bits per heavy atom. The second-order valence-electron chi connectivity index (χ2n) is 4.25. The van der Waals surface area contributed by atoms with Crippen LogP contribution in [-0.2, 0) is 0 Å². The van der Waals surface area contributed by atoms with Crippen LogP contribution in [0.3, 0.4) is 0 Å². The molecule has 1 aromatic heterocycles. The predicted molar refractivity (Wildman–Crippen MR) is 75.6 cm³/mol. The van der Waals surface area contributed by atoms with Crippen molar-refractivity contribution >= 4 is 22.6 Å². The summed E-state index contributed by atoms with van der Waals surface area (Å²) in [5, 5.41) is 5.00. The van der Waals surface area contributed by atoms with Gasteiger partial charge in [0.2, 0.25) is 0 Å². The van der Waals surface area contributed by atoms with Gasteiger partial charge in [0.05, 0.1) is 18.4 Å². The fraction of sp³-hybridized carbons (Fsp3) is 0.538. The minimum absolute atomic E-state index is 0.643. The summed E-state index contributed by atoms with van der Waals surface area (Å²) in [7, 11) is 0. The molecule has 0 aromatic carbocycles. The highest BCUT2D eigenvalue weighted by molar-refractivity contribution is 8.15. The summed E-state index contributed by atoms with van der Waals surface area (Å²) in [6.45, 7) is 5.47. The van der Waals surface area contributed by atoms with Gasteiger partial charge in [0.25, 0.3) is 0 Å². The van der Waals surface area contributed by atoms with Gasteiger partial charge in [-0.25, -0.2) is 0 Å². The maximum absolute atomic E-state index is 4.57. The Hall–Kier alpha value is -1.03.